The number of aromatic nitrogens is 4. The number of rotatable bonds is 4. The summed E-state index contributed by atoms with van der Waals surface area (Å²) in [7, 11) is 0. The maximum atomic E-state index is 12.7. The van der Waals surface area contributed by atoms with Gasteiger partial charge in [-0.25, -0.2) is 9.67 Å². The second kappa shape index (κ2) is 5.26. The van der Waals surface area contributed by atoms with E-state index in [0.717, 1.165) is 24.1 Å². The molecule has 0 radical (unpaired) electrons. The summed E-state index contributed by atoms with van der Waals surface area (Å²) in [6.45, 7) is 3.39. The number of carbonyl (C=O) groups is 1. The molecule has 7 nitrogen and oxygen atoms in total. The molecule has 1 saturated carbocycles. The SMILES string of the molecule is CC(C)(CO)NC(=O)c1nn(-c2cncc(Cl)n2)c2c1C[C@H]1C[C@@H]21. The lowest BCUT2D eigenvalue weighted by Gasteiger charge is -2.23. The molecular weight excluding hydrogens is 330 g/mol. The summed E-state index contributed by atoms with van der Waals surface area (Å²) in [6.07, 6.45) is 5.03. The molecule has 8 heteroatoms. The van der Waals surface area contributed by atoms with Gasteiger partial charge in [-0.15, -0.1) is 0 Å². The van der Waals surface area contributed by atoms with Gasteiger partial charge in [0.25, 0.3) is 5.91 Å². The topological polar surface area (TPSA) is 92.9 Å². The molecule has 2 aromatic rings. The lowest BCUT2D eigenvalue weighted by atomic mass is 10.1. The summed E-state index contributed by atoms with van der Waals surface area (Å²) in [5.41, 5.74) is 1.72. The van der Waals surface area contributed by atoms with Crippen molar-refractivity contribution in [3.05, 3.63) is 34.5 Å². The smallest absolute Gasteiger partial charge is 0.272 e. The molecule has 2 aliphatic carbocycles. The Bertz CT molecular complexity index is 832. The van der Waals surface area contributed by atoms with Crippen LogP contribution in [0.1, 0.15) is 47.9 Å². The second-order valence-electron chi connectivity index (χ2n) is 7.13. The number of amides is 1. The molecule has 0 unspecified atom stereocenters. The Morgan fingerprint density at radius 1 is 1.50 bits per heavy atom. The van der Waals surface area contributed by atoms with E-state index in [9.17, 15) is 9.90 Å². The Balaban J connectivity index is 1.76. The fourth-order valence-electron chi connectivity index (χ4n) is 3.31. The quantitative estimate of drug-likeness (QED) is 0.873. The Kier molecular flexibility index (Phi) is 3.40. The van der Waals surface area contributed by atoms with Crippen LogP contribution < -0.4 is 5.32 Å². The van der Waals surface area contributed by atoms with Gasteiger partial charge in [0.1, 0.15) is 5.15 Å². The van der Waals surface area contributed by atoms with Gasteiger partial charge in [-0.3, -0.25) is 9.78 Å². The summed E-state index contributed by atoms with van der Waals surface area (Å²) in [5, 5.41) is 17.0. The minimum Gasteiger partial charge on any atom is -0.394 e. The first-order chi connectivity index (χ1) is 11.4. The summed E-state index contributed by atoms with van der Waals surface area (Å²) in [5.74, 6) is 1.27. The van der Waals surface area contributed by atoms with Crippen LogP contribution in [0.5, 0.6) is 0 Å². The number of nitrogens with zero attached hydrogens (tertiary/aromatic N) is 4. The van der Waals surface area contributed by atoms with Gasteiger partial charge in [-0.1, -0.05) is 11.6 Å². The predicted molar refractivity (Wildman–Crippen MR) is 87.3 cm³/mol. The van der Waals surface area contributed by atoms with E-state index in [1.165, 1.54) is 6.20 Å². The van der Waals surface area contributed by atoms with Crippen LogP contribution >= 0.6 is 11.6 Å². The van der Waals surface area contributed by atoms with Gasteiger partial charge < -0.3 is 10.4 Å². The zero-order valence-corrected chi connectivity index (χ0v) is 14.2. The van der Waals surface area contributed by atoms with Crippen molar-refractivity contribution in [3.63, 3.8) is 0 Å². The van der Waals surface area contributed by atoms with Crippen LogP contribution in [0.2, 0.25) is 5.15 Å². The van der Waals surface area contributed by atoms with Crippen molar-refractivity contribution in [1.82, 2.24) is 25.1 Å². The number of nitrogens with one attached hydrogen (secondary N) is 1. The van der Waals surface area contributed by atoms with Crippen LogP contribution in [0.3, 0.4) is 0 Å². The standard InChI is InChI=1S/C16H18ClN5O2/c1-16(2,7-23)20-15(24)13-10-4-8-3-9(8)14(10)22(21-13)12-6-18-5-11(17)19-12/h5-6,8-9,23H,3-4,7H2,1-2H3,(H,20,24)/t8-,9-/m1/s1. The molecule has 1 amide bonds. The third-order valence-corrected chi connectivity index (χ3v) is 4.82. The third kappa shape index (κ3) is 2.48. The maximum Gasteiger partial charge on any atom is 0.272 e. The van der Waals surface area contributed by atoms with E-state index in [4.69, 9.17) is 11.6 Å². The fraction of sp³-hybridized carbons (Fsp3) is 0.500. The molecule has 2 heterocycles. The number of carbonyl (C=O) groups excluding carboxylic acids is 1. The van der Waals surface area contributed by atoms with Crippen molar-refractivity contribution in [2.75, 3.05) is 6.61 Å². The first kappa shape index (κ1) is 15.5. The number of aliphatic hydroxyl groups excluding tert-OH is 1. The lowest BCUT2D eigenvalue weighted by molar-refractivity contribution is 0.0863. The van der Waals surface area contributed by atoms with Crippen LogP contribution in [-0.4, -0.2) is 42.9 Å². The summed E-state index contributed by atoms with van der Waals surface area (Å²) >= 11 is 5.95. The van der Waals surface area contributed by atoms with Gasteiger partial charge >= 0.3 is 0 Å². The highest BCUT2D eigenvalue weighted by Crippen LogP contribution is 2.57. The second-order valence-corrected chi connectivity index (χ2v) is 7.51. The summed E-state index contributed by atoms with van der Waals surface area (Å²) in [4.78, 5) is 21.0. The van der Waals surface area contributed by atoms with Crippen molar-refractivity contribution >= 4 is 17.5 Å². The average Bonchev–Trinajstić information content (AvgIpc) is 3.03. The van der Waals surface area contributed by atoms with Crippen LogP contribution in [0.25, 0.3) is 5.82 Å². The molecule has 0 aliphatic heterocycles. The molecule has 1 fully saturated rings. The highest BCUT2D eigenvalue weighted by molar-refractivity contribution is 6.29. The van der Waals surface area contributed by atoms with Crippen molar-refractivity contribution < 1.29 is 9.90 Å². The van der Waals surface area contributed by atoms with E-state index < -0.39 is 5.54 Å². The van der Waals surface area contributed by atoms with Crippen molar-refractivity contribution in [2.24, 2.45) is 5.92 Å². The minimum absolute atomic E-state index is 0.146. The lowest BCUT2D eigenvalue weighted by Crippen LogP contribution is -2.46. The molecule has 2 atom stereocenters. The van der Waals surface area contributed by atoms with Gasteiger partial charge in [0.2, 0.25) is 0 Å². The number of hydrogen-bond acceptors (Lipinski definition) is 5. The fourth-order valence-corrected chi connectivity index (χ4v) is 3.46. The molecule has 4 rings (SSSR count). The van der Waals surface area contributed by atoms with Crippen LogP contribution in [0, 0.1) is 5.92 Å². The van der Waals surface area contributed by atoms with Gasteiger partial charge in [-0.2, -0.15) is 5.10 Å². The molecule has 0 saturated heterocycles. The van der Waals surface area contributed by atoms with Gasteiger partial charge in [0, 0.05) is 11.5 Å². The highest BCUT2D eigenvalue weighted by Gasteiger charge is 2.50. The molecule has 0 spiro atoms. The van der Waals surface area contributed by atoms with Gasteiger partial charge in [0.15, 0.2) is 11.5 Å². The van der Waals surface area contributed by atoms with Crippen LogP contribution in [-0.2, 0) is 6.42 Å². The number of halogens is 1. The van der Waals surface area contributed by atoms with Crippen molar-refractivity contribution in [1.29, 1.82) is 0 Å². The normalized spacial score (nSPS) is 21.3. The monoisotopic (exact) mass is 347 g/mol. The maximum absolute atomic E-state index is 12.7. The summed E-state index contributed by atoms with van der Waals surface area (Å²) in [6, 6.07) is 0. The van der Waals surface area contributed by atoms with Crippen LogP contribution in [0.4, 0.5) is 0 Å². The minimum atomic E-state index is -0.703. The molecule has 2 aromatic heterocycles. The molecule has 24 heavy (non-hydrogen) atoms. The third-order valence-electron chi connectivity index (χ3n) is 4.64. The highest BCUT2D eigenvalue weighted by atomic mass is 35.5. The first-order valence-corrected chi connectivity index (χ1v) is 8.30. The van der Waals surface area contributed by atoms with E-state index in [0.29, 0.717) is 23.3 Å². The average molecular weight is 348 g/mol. The molecule has 2 aliphatic rings. The molecule has 0 bridgehead atoms. The Morgan fingerprint density at radius 3 is 3.00 bits per heavy atom. The molecule has 126 valence electrons. The van der Waals surface area contributed by atoms with Gasteiger partial charge in [-0.05, 0) is 32.6 Å². The van der Waals surface area contributed by atoms with Crippen LogP contribution in [0.15, 0.2) is 12.4 Å². The molecule has 0 aromatic carbocycles. The molecule has 2 N–H and O–H groups in total. The van der Waals surface area contributed by atoms with E-state index in [1.807, 2.05) is 0 Å². The van der Waals surface area contributed by atoms with E-state index in [2.05, 4.69) is 20.4 Å². The Morgan fingerprint density at radius 2 is 2.29 bits per heavy atom. The first-order valence-electron chi connectivity index (χ1n) is 7.92. The van der Waals surface area contributed by atoms with E-state index >= 15 is 0 Å². The number of aliphatic hydroxyl groups is 1. The zero-order valence-electron chi connectivity index (χ0n) is 13.5. The molecular formula is C16H18ClN5O2. The number of fused-ring (bicyclic) bond motifs is 3. The van der Waals surface area contributed by atoms with Crippen molar-refractivity contribution in [3.8, 4) is 5.82 Å². The summed E-state index contributed by atoms with van der Waals surface area (Å²) < 4.78 is 1.70. The zero-order chi connectivity index (χ0) is 17.1. The number of hydrogen-bond donors (Lipinski definition) is 2. The van der Waals surface area contributed by atoms with E-state index in [1.54, 1.807) is 24.7 Å². The predicted octanol–water partition coefficient (Wildman–Crippen LogP) is 1.48. The Labute approximate surface area is 144 Å². The van der Waals surface area contributed by atoms with E-state index in [-0.39, 0.29) is 17.7 Å². The van der Waals surface area contributed by atoms with Crippen molar-refractivity contribution in [2.45, 2.75) is 38.1 Å². The van der Waals surface area contributed by atoms with Gasteiger partial charge in [0.05, 0.1) is 30.2 Å². The largest absolute Gasteiger partial charge is 0.394 e. The Hall–Kier alpha value is -1.99.